The first kappa shape index (κ1) is 26.2. The van der Waals surface area contributed by atoms with Gasteiger partial charge in [0.25, 0.3) is 11.5 Å². The van der Waals surface area contributed by atoms with Crippen molar-refractivity contribution in [3.05, 3.63) is 70.2 Å². The van der Waals surface area contributed by atoms with Gasteiger partial charge in [-0.2, -0.15) is 0 Å². The Labute approximate surface area is 229 Å². The van der Waals surface area contributed by atoms with Gasteiger partial charge in [0, 0.05) is 28.6 Å². The zero-order valence-electron chi connectivity index (χ0n) is 21.3. The molecule has 2 aromatic carbocycles. The van der Waals surface area contributed by atoms with Crippen LogP contribution in [0.25, 0.3) is 26.3 Å². The van der Waals surface area contributed by atoms with Crippen LogP contribution >= 0.6 is 22.9 Å². The number of nitrogens with zero attached hydrogens (tertiary/aromatic N) is 3. The molecule has 0 radical (unpaired) electrons. The number of hydrogen-bond acceptors (Lipinski definition) is 7. The normalized spacial score (nSPS) is 15.6. The van der Waals surface area contributed by atoms with E-state index < -0.39 is 0 Å². The summed E-state index contributed by atoms with van der Waals surface area (Å²) in [6.07, 6.45) is 4.82. The first-order valence-corrected chi connectivity index (χ1v) is 13.7. The summed E-state index contributed by atoms with van der Waals surface area (Å²) in [6.45, 7) is 1.62. The van der Waals surface area contributed by atoms with Gasteiger partial charge in [0.05, 0.1) is 18.3 Å². The zero-order valence-corrected chi connectivity index (χ0v) is 22.8. The van der Waals surface area contributed by atoms with Crippen molar-refractivity contribution in [1.82, 2.24) is 19.8 Å². The molecular weight excluding hydrogens is 524 g/mol. The molecule has 38 heavy (non-hydrogen) atoms. The van der Waals surface area contributed by atoms with Gasteiger partial charge in [0.1, 0.15) is 11.0 Å². The van der Waals surface area contributed by atoms with Crippen LogP contribution in [0.15, 0.2) is 59.7 Å². The molecular formula is C28H29ClN4O4S. The molecule has 1 atom stereocenters. The molecule has 10 heteroatoms. The third kappa shape index (κ3) is 5.70. The van der Waals surface area contributed by atoms with Crippen molar-refractivity contribution in [1.29, 1.82) is 0 Å². The number of halogens is 1. The maximum atomic E-state index is 13.3. The van der Waals surface area contributed by atoms with Crippen LogP contribution in [-0.2, 0) is 4.79 Å². The summed E-state index contributed by atoms with van der Waals surface area (Å²) < 4.78 is 13.2. The average molecular weight is 553 g/mol. The fraction of sp³-hybridized carbons (Fsp3) is 0.321. The highest BCUT2D eigenvalue weighted by Gasteiger charge is 2.20. The number of fused-ring (bicyclic) bond motifs is 1. The van der Waals surface area contributed by atoms with Gasteiger partial charge in [-0.05, 0) is 68.8 Å². The SMILES string of the molecule is COc1cc(-n2cnc3cc(-c4ccc(Cl)cc4)sc3c2=O)ccc1OCC(=O)NCCC1CCCN1C. The second-order valence-corrected chi connectivity index (χ2v) is 10.8. The molecule has 3 heterocycles. The van der Waals surface area contributed by atoms with Gasteiger partial charge in [-0.3, -0.25) is 14.2 Å². The summed E-state index contributed by atoms with van der Waals surface area (Å²) in [7, 11) is 3.64. The predicted octanol–water partition coefficient (Wildman–Crippen LogP) is 4.76. The van der Waals surface area contributed by atoms with Crippen LogP contribution in [0.1, 0.15) is 19.3 Å². The molecule has 198 valence electrons. The van der Waals surface area contributed by atoms with E-state index in [1.807, 2.05) is 30.3 Å². The number of rotatable bonds is 9. The molecule has 5 rings (SSSR count). The standard InChI is InChI=1S/C28H29ClN4O4S/c1-32-13-3-4-20(32)11-12-30-26(34)16-37-23-10-9-21(14-24(23)36-2)33-17-31-22-15-25(38-27(22)28(33)35)18-5-7-19(29)8-6-18/h5-10,14-15,17,20H,3-4,11-13,16H2,1-2H3,(H,30,34). The number of benzene rings is 2. The quantitative estimate of drug-likeness (QED) is 0.322. The molecule has 1 unspecified atom stereocenters. The average Bonchev–Trinajstić information content (AvgIpc) is 3.55. The third-order valence-corrected chi connectivity index (χ3v) is 8.24. The number of aromatic nitrogens is 2. The Balaban J connectivity index is 1.27. The van der Waals surface area contributed by atoms with E-state index in [4.69, 9.17) is 21.1 Å². The molecule has 1 N–H and O–H groups in total. The fourth-order valence-electron chi connectivity index (χ4n) is 4.69. The van der Waals surface area contributed by atoms with Crippen LogP contribution < -0.4 is 20.3 Å². The Hall–Kier alpha value is -3.40. The largest absolute Gasteiger partial charge is 0.493 e. The van der Waals surface area contributed by atoms with E-state index >= 15 is 0 Å². The molecule has 0 saturated carbocycles. The van der Waals surface area contributed by atoms with Crippen molar-refractivity contribution in [3.63, 3.8) is 0 Å². The van der Waals surface area contributed by atoms with Gasteiger partial charge in [0.2, 0.25) is 0 Å². The molecule has 1 amide bonds. The number of methoxy groups -OCH3 is 1. The van der Waals surface area contributed by atoms with Gasteiger partial charge in [-0.25, -0.2) is 4.98 Å². The highest BCUT2D eigenvalue weighted by molar-refractivity contribution is 7.22. The van der Waals surface area contributed by atoms with Crippen molar-refractivity contribution in [2.45, 2.75) is 25.3 Å². The highest BCUT2D eigenvalue weighted by atomic mass is 35.5. The lowest BCUT2D eigenvalue weighted by molar-refractivity contribution is -0.123. The molecule has 0 spiro atoms. The summed E-state index contributed by atoms with van der Waals surface area (Å²) in [5, 5.41) is 3.58. The maximum Gasteiger partial charge on any atom is 0.275 e. The van der Waals surface area contributed by atoms with E-state index in [-0.39, 0.29) is 18.1 Å². The predicted molar refractivity (Wildman–Crippen MR) is 151 cm³/mol. The molecule has 8 nitrogen and oxygen atoms in total. The monoisotopic (exact) mass is 552 g/mol. The molecule has 4 aromatic rings. The third-order valence-electron chi connectivity index (χ3n) is 6.82. The second kappa shape index (κ2) is 11.6. The van der Waals surface area contributed by atoms with E-state index in [0.717, 1.165) is 23.4 Å². The summed E-state index contributed by atoms with van der Waals surface area (Å²) in [5.74, 6) is 0.657. The van der Waals surface area contributed by atoms with Crippen LogP contribution in [-0.4, -0.2) is 60.3 Å². The number of thiophene rings is 1. The summed E-state index contributed by atoms with van der Waals surface area (Å²) >= 11 is 7.40. The van der Waals surface area contributed by atoms with Crippen molar-refractivity contribution >= 4 is 39.1 Å². The molecule has 1 aliphatic heterocycles. The lowest BCUT2D eigenvalue weighted by Gasteiger charge is -2.19. The Morgan fingerprint density at radius 1 is 1.18 bits per heavy atom. The van der Waals surface area contributed by atoms with Crippen molar-refractivity contribution < 1.29 is 14.3 Å². The molecule has 0 aliphatic carbocycles. The molecule has 1 saturated heterocycles. The summed E-state index contributed by atoms with van der Waals surface area (Å²) in [5.41, 5.74) is 2.02. The zero-order chi connectivity index (χ0) is 26.6. The van der Waals surface area contributed by atoms with Crippen molar-refractivity contribution in [2.75, 3.05) is 33.9 Å². The number of ether oxygens (including phenoxy) is 2. The first-order chi connectivity index (χ1) is 18.4. The second-order valence-electron chi connectivity index (χ2n) is 9.29. The Morgan fingerprint density at radius 2 is 2.00 bits per heavy atom. The van der Waals surface area contributed by atoms with E-state index in [1.54, 1.807) is 18.2 Å². The van der Waals surface area contributed by atoms with Crippen LogP contribution in [0.2, 0.25) is 5.02 Å². The highest BCUT2D eigenvalue weighted by Crippen LogP contribution is 2.33. The molecule has 2 aromatic heterocycles. The van der Waals surface area contributed by atoms with Crippen LogP contribution in [0, 0.1) is 0 Å². The van der Waals surface area contributed by atoms with Gasteiger partial charge in [0.15, 0.2) is 18.1 Å². The smallest absolute Gasteiger partial charge is 0.275 e. The number of nitrogens with one attached hydrogen (secondary N) is 1. The lowest BCUT2D eigenvalue weighted by atomic mass is 10.1. The topological polar surface area (TPSA) is 85.7 Å². The summed E-state index contributed by atoms with van der Waals surface area (Å²) in [6, 6.07) is 15.1. The Morgan fingerprint density at radius 3 is 2.74 bits per heavy atom. The van der Waals surface area contributed by atoms with Crippen LogP contribution in [0.4, 0.5) is 0 Å². The van der Waals surface area contributed by atoms with E-state index in [9.17, 15) is 9.59 Å². The van der Waals surface area contributed by atoms with Gasteiger partial charge < -0.3 is 19.7 Å². The molecule has 1 fully saturated rings. The van der Waals surface area contributed by atoms with Gasteiger partial charge in [-0.15, -0.1) is 11.3 Å². The van der Waals surface area contributed by atoms with E-state index in [0.29, 0.717) is 45.0 Å². The lowest BCUT2D eigenvalue weighted by Crippen LogP contribution is -2.34. The minimum absolute atomic E-state index is 0.119. The van der Waals surface area contributed by atoms with E-state index in [2.05, 4.69) is 22.2 Å². The number of likely N-dealkylation sites (tertiary alicyclic amines) is 1. The van der Waals surface area contributed by atoms with Crippen molar-refractivity contribution in [3.8, 4) is 27.6 Å². The number of hydrogen-bond donors (Lipinski definition) is 1. The molecule has 1 aliphatic rings. The Bertz CT molecular complexity index is 1500. The fourth-order valence-corrected chi connectivity index (χ4v) is 5.87. The maximum absolute atomic E-state index is 13.3. The van der Waals surface area contributed by atoms with Crippen LogP contribution in [0.3, 0.4) is 0 Å². The van der Waals surface area contributed by atoms with Crippen molar-refractivity contribution in [2.24, 2.45) is 0 Å². The Kier molecular flexibility index (Phi) is 7.97. The minimum Gasteiger partial charge on any atom is -0.493 e. The van der Waals surface area contributed by atoms with Gasteiger partial charge >= 0.3 is 0 Å². The minimum atomic E-state index is -0.183. The number of carbonyl (C=O) groups excluding carboxylic acids is 1. The first-order valence-electron chi connectivity index (χ1n) is 12.5. The number of carbonyl (C=O) groups is 1. The molecule has 0 bridgehead atoms. The van der Waals surface area contributed by atoms with E-state index in [1.165, 1.54) is 42.2 Å². The van der Waals surface area contributed by atoms with Crippen LogP contribution in [0.5, 0.6) is 11.5 Å². The number of amides is 1. The van der Waals surface area contributed by atoms with Gasteiger partial charge in [-0.1, -0.05) is 23.7 Å². The summed E-state index contributed by atoms with van der Waals surface area (Å²) in [4.78, 5) is 33.4.